The van der Waals surface area contributed by atoms with Gasteiger partial charge in [0.25, 0.3) is 0 Å². The fourth-order valence-corrected chi connectivity index (χ4v) is 2.90. The molecule has 0 bridgehead atoms. The lowest BCUT2D eigenvalue weighted by Crippen LogP contribution is -2.22. The van der Waals surface area contributed by atoms with Crippen LogP contribution in [0.2, 0.25) is 0 Å². The van der Waals surface area contributed by atoms with Crippen LogP contribution in [-0.2, 0) is 6.42 Å². The maximum atomic E-state index is 7.06. The average molecular weight is 263 g/mol. The minimum absolute atomic E-state index is 0.725. The molecule has 0 aliphatic carbocycles. The van der Waals surface area contributed by atoms with Gasteiger partial charge >= 0.3 is 0 Å². The van der Waals surface area contributed by atoms with E-state index in [1.54, 1.807) is 11.9 Å². The summed E-state index contributed by atoms with van der Waals surface area (Å²) in [6.45, 7) is 3.74. The van der Waals surface area contributed by atoms with Gasteiger partial charge in [-0.1, -0.05) is 24.1 Å². The summed E-state index contributed by atoms with van der Waals surface area (Å²) in [6.07, 6.45) is 4.90. The molecule has 1 aliphatic heterocycles. The van der Waals surface area contributed by atoms with E-state index in [0.717, 1.165) is 17.9 Å². The molecule has 1 heterocycles. The number of hydrogen-bond acceptors (Lipinski definition) is 4. The van der Waals surface area contributed by atoms with Gasteiger partial charge in [-0.3, -0.25) is 0 Å². The van der Waals surface area contributed by atoms with Gasteiger partial charge in [-0.25, -0.2) is 0 Å². The molecule has 98 valence electrons. The summed E-state index contributed by atoms with van der Waals surface area (Å²) < 4.78 is 3.37. The molecule has 0 saturated carbocycles. The van der Waals surface area contributed by atoms with Crippen molar-refractivity contribution in [3.63, 3.8) is 0 Å². The van der Waals surface area contributed by atoms with Crippen LogP contribution in [0.25, 0.3) is 0 Å². The molecule has 2 rings (SSSR count). The Kier molecular flexibility index (Phi) is 5.55. The van der Waals surface area contributed by atoms with E-state index in [9.17, 15) is 0 Å². The summed E-state index contributed by atoms with van der Waals surface area (Å²) in [5, 5.41) is 7.06. The Labute approximate surface area is 114 Å². The summed E-state index contributed by atoms with van der Waals surface area (Å²) in [5.41, 5.74) is 2.34. The molecule has 0 spiro atoms. The van der Waals surface area contributed by atoms with Crippen LogP contribution in [0.4, 0.5) is 5.69 Å². The summed E-state index contributed by atoms with van der Waals surface area (Å²) in [7, 11) is 0. The third-order valence-corrected chi connectivity index (χ3v) is 3.96. The van der Waals surface area contributed by atoms with Gasteiger partial charge in [-0.05, 0) is 49.8 Å². The van der Waals surface area contributed by atoms with Crippen LogP contribution < -0.4 is 4.72 Å². The van der Waals surface area contributed by atoms with Crippen molar-refractivity contribution in [1.29, 1.82) is 5.41 Å². The van der Waals surface area contributed by atoms with Crippen molar-refractivity contribution in [2.45, 2.75) is 19.3 Å². The molecule has 3 nitrogen and oxygen atoms in total. The minimum Gasteiger partial charge on any atom is -0.330 e. The Bertz CT molecular complexity index is 358. The Morgan fingerprint density at radius 3 is 2.61 bits per heavy atom. The number of hydrogen-bond donors (Lipinski definition) is 2. The first-order valence-corrected chi connectivity index (χ1v) is 7.55. The van der Waals surface area contributed by atoms with Crippen LogP contribution >= 0.6 is 11.9 Å². The third-order valence-electron chi connectivity index (χ3n) is 3.19. The summed E-state index contributed by atoms with van der Waals surface area (Å²) in [5.74, 6) is 1.13. The van der Waals surface area contributed by atoms with Gasteiger partial charge in [0.1, 0.15) is 0 Å². The van der Waals surface area contributed by atoms with Crippen molar-refractivity contribution in [2.24, 2.45) is 0 Å². The lowest BCUT2D eigenvalue weighted by molar-refractivity contribution is 0.362. The van der Waals surface area contributed by atoms with Crippen molar-refractivity contribution in [1.82, 2.24) is 4.90 Å². The van der Waals surface area contributed by atoms with Gasteiger partial charge < -0.3 is 15.0 Å². The molecule has 2 N–H and O–H groups in total. The highest BCUT2D eigenvalue weighted by molar-refractivity contribution is 8.00. The van der Waals surface area contributed by atoms with E-state index < -0.39 is 0 Å². The SMILES string of the molecule is N=CCc1ccc(NSCCN2CCCC2)cc1. The molecule has 1 aliphatic rings. The second kappa shape index (κ2) is 7.44. The van der Waals surface area contributed by atoms with Gasteiger partial charge in [-0.2, -0.15) is 0 Å². The fourth-order valence-electron chi connectivity index (χ4n) is 2.14. The lowest BCUT2D eigenvalue weighted by atomic mass is 10.1. The molecule has 0 atom stereocenters. The zero-order chi connectivity index (χ0) is 12.6. The molecular weight excluding hydrogens is 242 g/mol. The number of anilines is 1. The second-order valence-corrected chi connectivity index (χ2v) is 5.51. The maximum absolute atomic E-state index is 7.06. The van der Waals surface area contributed by atoms with Crippen molar-refractivity contribution in [3.8, 4) is 0 Å². The van der Waals surface area contributed by atoms with Gasteiger partial charge in [-0.15, -0.1) is 0 Å². The van der Waals surface area contributed by atoms with E-state index in [1.807, 2.05) is 0 Å². The number of nitrogens with zero attached hydrogens (tertiary/aromatic N) is 1. The zero-order valence-corrected chi connectivity index (χ0v) is 11.5. The minimum atomic E-state index is 0.725. The molecule has 1 aromatic rings. The first-order chi connectivity index (χ1) is 8.88. The van der Waals surface area contributed by atoms with E-state index in [4.69, 9.17) is 5.41 Å². The van der Waals surface area contributed by atoms with Gasteiger partial charge in [0, 0.05) is 24.4 Å². The zero-order valence-electron chi connectivity index (χ0n) is 10.7. The average Bonchev–Trinajstić information content (AvgIpc) is 2.90. The Balaban J connectivity index is 1.64. The second-order valence-electron chi connectivity index (χ2n) is 4.60. The van der Waals surface area contributed by atoms with Crippen LogP contribution in [0, 0.1) is 5.41 Å². The molecule has 0 unspecified atom stereocenters. The first kappa shape index (κ1) is 13.4. The number of nitrogens with one attached hydrogen (secondary N) is 2. The fraction of sp³-hybridized carbons (Fsp3) is 0.500. The van der Waals surface area contributed by atoms with E-state index in [-0.39, 0.29) is 0 Å². The molecule has 0 aromatic heterocycles. The Morgan fingerprint density at radius 2 is 1.94 bits per heavy atom. The standard InChI is InChI=1S/C14H21N3S/c15-8-7-13-3-5-14(6-4-13)16-18-12-11-17-9-1-2-10-17/h3-6,8,15-16H,1-2,7,9-12H2. The molecule has 1 fully saturated rings. The van der Waals surface area contributed by atoms with Crippen molar-refractivity contribution >= 4 is 23.8 Å². The Morgan fingerprint density at radius 1 is 1.22 bits per heavy atom. The normalized spacial score (nSPS) is 15.8. The molecule has 4 heteroatoms. The summed E-state index contributed by atoms with van der Waals surface area (Å²) in [6, 6.07) is 8.33. The third kappa shape index (κ3) is 4.35. The van der Waals surface area contributed by atoms with E-state index >= 15 is 0 Å². The summed E-state index contributed by atoms with van der Waals surface area (Å²) >= 11 is 1.78. The number of rotatable bonds is 7. The highest BCUT2D eigenvalue weighted by Crippen LogP contribution is 2.15. The summed E-state index contributed by atoms with van der Waals surface area (Å²) in [4.78, 5) is 2.53. The van der Waals surface area contributed by atoms with E-state index in [2.05, 4.69) is 33.9 Å². The van der Waals surface area contributed by atoms with Crippen molar-refractivity contribution in [3.05, 3.63) is 29.8 Å². The monoisotopic (exact) mass is 263 g/mol. The predicted octanol–water partition coefficient (Wildman–Crippen LogP) is 3.03. The van der Waals surface area contributed by atoms with Crippen LogP contribution in [0.15, 0.2) is 24.3 Å². The van der Waals surface area contributed by atoms with Crippen molar-refractivity contribution < 1.29 is 0 Å². The lowest BCUT2D eigenvalue weighted by Gasteiger charge is -2.14. The highest BCUT2D eigenvalue weighted by atomic mass is 32.2. The molecule has 0 radical (unpaired) electrons. The maximum Gasteiger partial charge on any atom is 0.0440 e. The van der Waals surface area contributed by atoms with Gasteiger partial charge in [0.2, 0.25) is 0 Å². The molecule has 0 amide bonds. The number of benzene rings is 1. The topological polar surface area (TPSA) is 39.1 Å². The smallest absolute Gasteiger partial charge is 0.0440 e. The Hall–Kier alpha value is -1.00. The molecule has 18 heavy (non-hydrogen) atoms. The first-order valence-electron chi connectivity index (χ1n) is 6.56. The van der Waals surface area contributed by atoms with Crippen molar-refractivity contribution in [2.75, 3.05) is 30.1 Å². The van der Waals surface area contributed by atoms with Crippen LogP contribution in [0.3, 0.4) is 0 Å². The quantitative estimate of drug-likeness (QED) is 0.451. The molecule has 1 aromatic carbocycles. The highest BCUT2D eigenvalue weighted by Gasteiger charge is 2.10. The van der Waals surface area contributed by atoms with Crippen LogP contribution in [-0.4, -0.2) is 36.5 Å². The van der Waals surface area contributed by atoms with E-state index in [0.29, 0.717) is 0 Å². The molecule has 1 saturated heterocycles. The predicted molar refractivity (Wildman–Crippen MR) is 80.7 cm³/mol. The van der Waals surface area contributed by atoms with Crippen LogP contribution in [0.5, 0.6) is 0 Å². The number of likely N-dealkylation sites (tertiary alicyclic amines) is 1. The molecular formula is C14H21N3S. The largest absolute Gasteiger partial charge is 0.330 e. The van der Waals surface area contributed by atoms with Gasteiger partial charge in [0.05, 0.1) is 0 Å². The van der Waals surface area contributed by atoms with E-state index in [1.165, 1.54) is 44.3 Å². The van der Waals surface area contributed by atoms with Crippen LogP contribution in [0.1, 0.15) is 18.4 Å². The van der Waals surface area contributed by atoms with Gasteiger partial charge in [0.15, 0.2) is 0 Å².